The van der Waals surface area contributed by atoms with Gasteiger partial charge in [0.2, 0.25) is 11.6 Å². The summed E-state index contributed by atoms with van der Waals surface area (Å²) in [6.45, 7) is 11.6. The molecule has 4 rings (SSSR count). The van der Waals surface area contributed by atoms with E-state index in [1.807, 2.05) is 35.0 Å². The molecule has 318 valence electrons. The van der Waals surface area contributed by atoms with Crippen LogP contribution in [-0.4, -0.2) is 43.7 Å². The molecule has 10 nitrogen and oxygen atoms in total. The predicted octanol–water partition coefficient (Wildman–Crippen LogP) is 9.16. The van der Waals surface area contributed by atoms with Crippen LogP contribution >= 0.6 is 23.5 Å². The molecule has 0 unspecified atom stereocenters. The highest BCUT2D eigenvalue weighted by Gasteiger charge is 2.19. The summed E-state index contributed by atoms with van der Waals surface area (Å²) in [6, 6.07) is 4.29. The van der Waals surface area contributed by atoms with Crippen LogP contribution in [0.3, 0.4) is 0 Å². The van der Waals surface area contributed by atoms with Crippen molar-refractivity contribution >= 4 is 35.2 Å². The lowest BCUT2D eigenvalue weighted by Crippen LogP contribution is -2.43. The summed E-state index contributed by atoms with van der Waals surface area (Å²) in [4.78, 5) is 37.7. The van der Waals surface area contributed by atoms with E-state index in [1.165, 1.54) is 62.8 Å². The van der Waals surface area contributed by atoms with Crippen molar-refractivity contribution in [2.75, 3.05) is 35.2 Å². The van der Waals surface area contributed by atoms with Gasteiger partial charge in [0.25, 0.3) is 5.56 Å². The van der Waals surface area contributed by atoms with Gasteiger partial charge in [-0.15, -0.1) is 0 Å². The summed E-state index contributed by atoms with van der Waals surface area (Å²) >= 11 is 3.64. The fourth-order valence-electron chi connectivity index (χ4n) is 7.61. The van der Waals surface area contributed by atoms with Gasteiger partial charge in [0, 0.05) is 61.1 Å². The Morgan fingerprint density at radius 2 is 1.07 bits per heavy atom. The summed E-state index contributed by atoms with van der Waals surface area (Å²) in [5, 5.41) is 9.24. The second-order valence-corrected chi connectivity index (χ2v) is 18.3. The van der Waals surface area contributed by atoms with Gasteiger partial charge < -0.3 is 10.6 Å². The zero-order chi connectivity index (χ0) is 40.8. The maximum absolute atomic E-state index is 13.9. The molecule has 0 spiro atoms. The van der Waals surface area contributed by atoms with Crippen LogP contribution < -0.4 is 31.0 Å². The van der Waals surface area contributed by atoms with Gasteiger partial charge in [-0.25, -0.2) is 13.9 Å². The second-order valence-electron chi connectivity index (χ2n) is 16.2. The zero-order valence-electron chi connectivity index (χ0n) is 36.6. The van der Waals surface area contributed by atoms with Gasteiger partial charge in [-0.3, -0.25) is 13.9 Å². The Morgan fingerprint density at radius 3 is 1.60 bits per heavy atom. The van der Waals surface area contributed by atoms with E-state index in [1.54, 1.807) is 4.57 Å². The van der Waals surface area contributed by atoms with Gasteiger partial charge in [-0.2, -0.15) is 0 Å². The van der Waals surface area contributed by atoms with E-state index in [4.69, 9.17) is 9.97 Å². The standard InChI is InChI=1S/C45H74N8O2S2/c1-7-8-9-10-11-12-13-20-27-39-38(4)52-30-23-16-18-25-32-56-43-48-40(34-36(2)50(43)5)46-28-21-14-15-22-29-47-41-35-37(3)51(6)44(49-41)57-33-26-19-17-24-31-53(42(39)54)45(52)55/h34-35H,7-33H2,1-6H3/p+2. The number of aryl methyl sites for hydroxylation is 2. The molecule has 57 heavy (non-hydrogen) atoms. The summed E-state index contributed by atoms with van der Waals surface area (Å²) in [5.74, 6) is 3.92. The predicted molar refractivity (Wildman–Crippen MR) is 240 cm³/mol. The molecular weight excluding hydrogens is 749 g/mol. The number of hydrogen-bond acceptors (Lipinski definition) is 8. The number of nitrogens with zero attached hydrogens (tertiary/aromatic N) is 6. The topological polar surface area (TPSA) is 102 Å². The Bertz CT molecular complexity index is 1780. The third-order valence-corrected chi connectivity index (χ3v) is 13.8. The molecule has 0 amide bonds. The molecule has 2 N–H and O–H groups in total. The van der Waals surface area contributed by atoms with E-state index in [9.17, 15) is 9.59 Å². The average molecular weight is 825 g/mol. The molecule has 0 saturated heterocycles. The highest BCUT2D eigenvalue weighted by molar-refractivity contribution is 7.99. The highest BCUT2D eigenvalue weighted by atomic mass is 32.2. The number of thioether (sulfide) groups is 2. The van der Waals surface area contributed by atoms with Crippen LogP contribution in [0.4, 0.5) is 11.6 Å². The van der Waals surface area contributed by atoms with Crippen molar-refractivity contribution in [1.29, 1.82) is 0 Å². The lowest BCUT2D eigenvalue weighted by molar-refractivity contribution is -0.718. The maximum atomic E-state index is 13.9. The SMILES string of the molecule is CCCCCCCCCCc1c(C)n2c(=O)n(c1=O)CCCCCCSc1nc(cc(C)[n+]1C)NCCCCCCNc1cc(C)[n+](C)c(n1)SCCCCCC2. The Balaban J connectivity index is 1.43. The molecule has 0 fully saturated rings. The van der Waals surface area contributed by atoms with E-state index in [0.29, 0.717) is 13.1 Å². The number of anilines is 2. The fraction of sp³-hybridized carbons (Fsp3) is 0.733. The molecule has 0 atom stereocenters. The minimum absolute atomic E-state index is 0.0513. The van der Waals surface area contributed by atoms with Crippen LogP contribution in [0, 0.1) is 20.8 Å². The maximum Gasteiger partial charge on any atom is 0.361 e. The Kier molecular flexibility index (Phi) is 21.6. The number of hydrogen-bond donors (Lipinski definition) is 2. The highest BCUT2D eigenvalue weighted by Crippen LogP contribution is 2.20. The Labute approximate surface area is 352 Å². The van der Waals surface area contributed by atoms with Gasteiger partial charge in [-0.05, 0) is 106 Å². The number of rotatable bonds is 9. The van der Waals surface area contributed by atoms with E-state index < -0.39 is 0 Å². The summed E-state index contributed by atoms with van der Waals surface area (Å²) < 4.78 is 7.87. The molecule has 0 saturated carbocycles. The van der Waals surface area contributed by atoms with Crippen molar-refractivity contribution in [3.8, 4) is 0 Å². The lowest BCUT2D eigenvalue weighted by atomic mass is 10.0. The molecule has 12 heteroatoms. The van der Waals surface area contributed by atoms with Gasteiger partial charge in [0.05, 0.1) is 14.1 Å². The monoisotopic (exact) mass is 825 g/mol. The van der Waals surface area contributed by atoms with Crippen molar-refractivity contribution in [2.24, 2.45) is 14.1 Å². The van der Waals surface area contributed by atoms with E-state index in [2.05, 4.69) is 66.8 Å². The minimum Gasteiger partial charge on any atom is -0.349 e. The summed E-state index contributed by atoms with van der Waals surface area (Å²) in [6.07, 6.45) is 23.4. The molecule has 1 aliphatic rings. The number of aromatic nitrogens is 6. The van der Waals surface area contributed by atoms with E-state index in [0.717, 1.165) is 141 Å². The van der Waals surface area contributed by atoms with Gasteiger partial charge in [-0.1, -0.05) is 90.4 Å². The van der Waals surface area contributed by atoms with Crippen molar-refractivity contribution in [3.63, 3.8) is 0 Å². The quantitative estimate of drug-likeness (QED) is 0.125. The molecule has 3 aromatic rings. The third-order valence-electron chi connectivity index (χ3n) is 11.6. The first-order valence-electron chi connectivity index (χ1n) is 22.5. The van der Waals surface area contributed by atoms with Gasteiger partial charge in [0.1, 0.15) is 11.4 Å². The van der Waals surface area contributed by atoms with Crippen LogP contribution in [0.15, 0.2) is 32.0 Å². The molecule has 0 radical (unpaired) electrons. The Hall–Kier alpha value is -2.86. The van der Waals surface area contributed by atoms with E-state index in [-0.39, 0.29) is 11.2 Å². The average Bonchev–Trinajstić information content (AvgIpc) is 3.19. The molecule has 6 bridgehead atoms. The minimum atomic E-state index is -0.122. The van der Waals surface area contributed by atoms with Crippen molar-refractivity contribution in [1.82, 2.24) is 19.1 Å². The lowest BCUT2D eigenvalue weighted by Gasteiger charge is -2.17. The number of nitrogens with one attached hydrogen (secondary N) is 2. The van der Waals surface area contributed by atoms with Gasteiger partial charge in [0.15, 0.2) is 0 Å². The summed E-state index contributed by atoms with van der Waals surface area (Å²) in [5.41, 5.74) is 3.96. The first kappa shape index (κ1) is 46.8. The molecule has 0 aromatic carbocycles. The molecular formula is C45H76N8O2S2+2. The zero-order valence-corrected chi connectivity index (χ0v) is 38.2. The molecule has 1 aliphatic heterocycles. The number of fused-ring (bicyclic) bond motifs is 6. The molecule has 3 aromatic heterocycles. The van der Waals surface area contributed by atoms with Crippen molar-refractivity contribution < 1.29 is 9.13 Å². The van der Waals surface area contributed by atoms with Crippen LogP contribution in [0.25, 0.3) is 0 Å². The van der Waals surface area contributed by atoms with Gasteiger partial charge >= 0.3 is 16.0 Å². The first-order chi connectivity index (χ1) is 27.7. The van der Waals surface area contributed by atoms with Crippen LogP contribution in [0.1, 0.15) is 158 Å². The number of unbranched alkanes of at least 4 members (excludes halogenated alkanes) is 7. The van der Waals surface area contributed by atoms with Crippen molar-refractivity contribution in [2.45, 2.75) is 186 Å². The van der Waals surface area contributed by atoms with Crippen LogP contribution in [0.2, 0.25) is 0 Å². The van der Waals surface area contributed by atoms with E-state index >= 15 is 0 Å². The van der Waals surface area contributed by atoms with Crippen molar-refractivity contribution in [3.05, 3.63) is 55.6 Å². The molecule has 4 heterocycles. The van der Waals surface area contributed by atoms with Crippen LogP contribution in [-0.2, 0) is 33.6 Å². The largest absolute Gasteiger partial charge is 0.361 e. The van der Waals surface area contributed by atoms with Crippen LogP contribution in [0.5, 0.6) is 0 Å². The third kappa shape index (κ3) is 15.7. The second kappa shape index (κ2) is 26.3. The normalized spacial score (nSPS) is 16.2. The molecule has 0 aliphatic carbocycles. The summed E-state index contributed by atoms with van der Waals surface area (Å²) in [7, 11) is 4.20. The first-order valence-corrected chi connectivity index (χ1v) is 24.5. The smallest absolute Gasteiger partial charge is 0.349 e. The Morgan fingerprint density at radius 1 is 0.614 bits per heavy atom. The fourth-order valence-corrected chi connectivity index (χ4v) is 9.67.